The Bertz CT molecular complexity index is 925. The van der Waals surface area contributed by atoms with Crippen molar-refractivity contribution in [2.75, 3.05) is 13.2 Å². The van der Waals surface area contributed by atoms with Crippen molar-refractivity contribution in [3.63, 3.8) is 0 Å². The quantitative estimate of drug-likeness (QED) is 0.0171. The van der Waals surface area contributed by atoms with Gasteiger partial charge in [-0.2, -0.15) is 0 Å². The van der Waals surface area contributed by atoms with E-state index in [2.05, 4.69) is 54.8 Å². The molecule has 1 fully saturated rings. The van der Waals surface area contributed by atoms with Gasteiger partial charge in [0.2, 0.25) is 0 Å². The van der Waals surface area contributed by atoms with E-state index in [9.17, 15) is 9.36 Å². The third-order valence-electron chi connectivity index (χ3n) is 8.37. The molecule has 48 heavy (non-hydrogen) atoms. The van der Waals surface area contributed by atoms with Crippen LogP contribution in [0, 0.1) is 0 Å². The van der Waals surface area contributed by atoms with E-state index in [1.54, 1.807) is 6.26 Å². The van der Waals surface area contributed by atoms with Crippen LogP contribution in [-0.4, -0.2) is 47.3 Å². The third kappa shape index (κ3) is 30.4. The Morgan fingerprint density at radius 3 is 1.88 bits per heavy atom. The molecule has 2 unspecified atom stereocenters. The van der Waals surface area contributed by atoms with Gasteiger partial charge in [0.1, 0.15) is 6.61 Å². The lowest BCUT2D eigenvalue weighted by Gasteiger charge is -2.17. The van der Waals surface area contributed by atoms with Gasteiger partial charge in [-0.25, -0.2) is 4.57 Å². The summed E-state index contributed by atoms with van der Waals surface area (Å²) in [6, 6.07) is 0. The Hall–Kier alpha value is -1.70. The minimum Gasteiger partial charge on any atom is -0.498 e. The molecule has 8 nitrogen and oxygen atoms in total. The van der Waals surface area contributed by atoms with Gasteiger partial charge in [-0.05, 0) is 63.9 Å². The number of allylic oxidation sites excluding steroid dienone is 6. The monoisotopic (exact) mass is 696 g/mol. The van der Waals surface area contributed by atoms with E-state index in [-0.39, 0.29) is 25.2 Å². The summed E-state index contributed by atoms with van der Waals surface area (Å²) in [4.78, 5) is 30.6. The van der Waals surface area contributed by atoms with Crippen LogP contribution >= 0.6 is 7.82 Å². The maximum absolute atomic E-state index is 12.4. The van der Waals surface area contributed by atoms with Crippen molar-refractivity contribution < 1.29 is 37.9 Å². The van der Waals surface area contributed by atoms with Crippen molar-refractivity contribution in [1.82, 2.24) is 0 Å². The first-order valence-corrected chi connectivity index (χ1v) is 20.6. The van der Waals surface area contributed by atoms with E-state index in [0.717, 1.165) is 38.5 Å². The van der Waals surface area contributed by atoms with Gasteiger partial charge in [0.05, 0.1) is 25.1 Å². The molecule has 2 N–H and O–H groups in total. The number of unbranched alkanes of at least 4 members (excludes halogenated alkanes) is 15. The zero-order chi connectivity index (χ0) is 35.0. The van der Waals surface area contributed by atoms with Gasteiger partial charge in [-0.3, -0.25) is 9.32 Å². The highest BCUT2D eigenvalue weighted by atomic mass is 31.2. The van der Waals surface area contributed by atoms with E-state index >= 15 is 0 Å². The van der Waals surface area contributed by atoms with Gasteiger partial charge < -0.3 is 24.0 Å². The fourth-order valence-electron chi connectivity index (χ4n) is 5.43. The van der Waals surface area contributed by atoms with Crippen LogP contribution in [0.15, 0.2) is 48.8 Å². The summed E-state index contributed by atoms with van der Waals surface area (Å²) in [6.07, 6.45) is 42.1. The molecule has 278 valence electrons. The number of phosphoric ester groups is 1. The topological polar surface area (TPSA) is 115 Å². The zero-order valence-corrected chi connectivity index (χ0v) is 31.2. The van der Waals surface area contributed by atoms with Crippen molar-refractivity contribution in [2.45, 2.75) is 180 Å². The van der Waals surface area contributed by atoms with Gasteiger partial charge in [-0.15, -0.1) is 0 Å². The van der Waals surface area contributed by atoms with Crippen LogP contribution in [0.25, 0.3) is 0 Å². The van der Waals surface area contributed by atoms with E-state index in [0.29, 0.717) is 6.42 Å². The molecule has 1 rings (SSSR count). The second-order valence-corrected chi connectivity index (χ2v) is 14.2. The molecule has 0 aliphatic carbocycles. The molecule has 0 aromatic rings. The van der Waals surface area contributed by atoms with Crippen LogP contribution in [0.5, 0.6) is 0 Å². The highest BCUT2D eigenvalue weighted by Gasteiger charge is 2.36. The van der Waals surface area contributed by atoms with Crippen LogP contribution in [-0.2, 0) is 28.1 Å². The first kappa shape index (κ1) is 44.3. The van der Waals surface area contributed by atoms with Gasteiger partial charge in [0.15, 0.2) is 6.10 Å². The summed E-state index contributed by atoms with van der Waals surface area (Å²) < 4.78 is 32.4. The van der Waals surface area contributed by atoms with Crippen LogP contribution in [0.3, 0.4) is 0 Å². The number of carbonyl (C=O) groups excluding carboxylic acids is 1. The molecule has 1 aliphatic rings. The van der Waals surface area contributed by atoms with Crippen LogP contribution in [0.1, 0.15) is 162 Å². The predicted molar refractivity (Wildman–Crippen MR) is 197 cm³/mol. The molecule has 9 heteroatoms. The van der Waals surface area contributed by atoms with Crippen LogP contribution in [0.2, 0.25) is 0 Å². The molecule has 1 aliphatic heterocycles. The Morgan fingerprint density at radius 2 is 1.23 bits per heavy atom. The highest BCUT2D eigenvalue weighted by Crippen LogP contribution is 2.36. The summed E-state index contributed by atoms with van der Waals surface area (Å²) >= 11 is 0. The molecule has 0 spiro atoms. The predicted octanol–water partition coefficient (Wildman–Crippen LogP) is 11.0. The maximum Gasteiger partial charge on any atom is 0.469 e. The molecule has 0 aromatic heterocycles. The van der Waals surface area contributed by atoms with Crippen LogP contribution < -0.4 is 0 Å². The number of hydrogen-bond donors (Lipinski definition) is 2. The summed E-state index contributed by atoms with van der Waals surface area (Å²) in [7, 11) is -4.69. The summed E-state index contributed by atoms with van der Waals surface area (Å²) in [5, 5.41) is 0. The third-order valence-corrected chi connectivity index (χ3v) is 8.86. The molecule has 1 heterocycles. The van der Waals surface area contributed by atoms with E-state index in [1.165, 1.54) is 96.3 Å². The van der Waals surface area contributed by atoms with Crippen molar-refractivity contribution in [3.05, 3.63) is 48.8 Å². The average Bonchev–Trinajstić information content (AvgIpc) is 3.81. The van der Waals surface area contributed by atoms with Gasteiger partial charge in [-0.1, -0.05) is 134 Å². The number of phosphoric acid groups is 1. The molecular formula is C39H69O8P. The number of carbonyl (C=O) groups is 1. The van der Waals surface area contributed by atoms with E-state index in [1.807, 2.05) is 6.08 Å². The molecule has 0 amide bonds. The molecule has 3 atom stereocenters. The number of ether oxygens (including phenoxy) is 3. The second-order valence-electron chi connectivity index (χ2n) is 13.0. The molecule has 0 saturated carbocycles. The van der Waals surface area contributed by atoms with Crippen molar-refractivity contribution in [1.29, 1.82) is 0 Å². The SMILES string of the molecule is CCCCC/C=C\C/C=C\C/C=C\CC1OC1CCCC(=O)O[C@H](CO/C=C/CCCCCCCCCCCCCC)COP(=O)(O)O. The Labute approximate surface area is 293 Å². The lowest BCUT2D eigenvalue weighted by molar-refractivity contribution is -0.153. The number of hydrogen-bond acceptors (Lipinski definition) is 6. The van der Waals surface area contributed by atoms with E-state index in [4.69, 9.17) is 24.0 Å². The lowest BCUT2D eigenvalue weighted by Crippen LogP contribution is -2.27. The number of epoxide rings is 1. The number of esters is 1. The first-order valence-electron chi connectivity index (χ1n) is 19.1. The minimum absolute atomic E-state index is 0.0359. The molecule has 0 aromatic carbocycles. The van der Waals surface area contributed by atoms with E-state index < -0.39 is 26.5 Å². The van der Waals surface area contributed by atoms with Crippen LogP contribution in [0.4, 0.5) is 0 Å². The lowest BCUT2D eigenvalue weighted by atomic mass is 10.0. The van der Waals surface area contributed by atoms with Gasteiger partial charge in [0, 0.05) is 6.42 Å². The fourth-order valence-corrected chi connectivity index (χ4v) is 5.79. The maximum atomic E-state index is 12.4. The summed E-state index contributed by atoms with van der Waals surface area (Å²) in [6.45, 7) is 4.01. The van der Waals surface area contributed by atoms with Crippen molar-refractivity contribution >= 4 is 13.8 Å². The smallest absolute Gasteiger partial charge is 0.469 e. The largest absolute Gasteiger partial charge is 0.498 e. The minimum atomic E-state index is -4.69. The zero-order valence-electron chi connectivity index (χ0n) is 30.3. The second kappa shape index (κ2) is 31.3. The fraction of sp³-hybridized carbons (Fsp3) is 0.769. The molecule has 0 radical (unpaired) electrons. The molecule has 1 saturated heterocycles. The molecular weight excluding hydrogens is 627 g/mol. The van der Waals surface area contributed by atoms with Gasteiger partial charge >= 0.3 is 13.8 Å². The molecule has 0 bridgehead atoms. The summed E-state index contributed by atoms with van der Waals surface area (Å²) in [5.41, 5.74) is 0. The normalized spacial score (nSPS) is 17.3. The Balaban J connectivity index is 2.13. The first-order chi connectivity index (χ1) is 23.4. The average molecular weight is 697 g/mol. The Kier molecular flexibility index (Phi) is 28.9. The number of rotatable bonds is 34. The van der Waals surface area contributed by atoms with Crippen molar-refractivity contribution in [3.8, 4) is 0 Å². The highest BCUT2D eigenvalue weighted by molar-refractivity contribution is 7.46. The summed E-state index contributed by atoms with van der Waals surface area (Å²) in [5.74, 6) is -0.446. The Morgan fingerprint density at radius 1 is 0.688 bits per heavy atom. The standard InChI is InChI=1S/C39H69O8P/c1-3-5-7-9-11-13-15-17-18-20-22-24-26-28-33-44-34-36(35-45-48(41,42)43)46-39(40)32-29-31-38-37(47-38)30-27-25-23-21-19-16-14-12-10-8-6-4-2/h12,14,19,21,25,27-28,33,36-38H,3-11,13,15-18,20,22-24,26,29-32,34-35H2,1-2H3,(H2,41,42,43)/b14-12-,21-19-,27-25-,33-28+/t36-,37?,38?/m1/s1. The van der Waals surface area contributed by atoms with Crippen molar-refractivity contribution in [2.24, 2.45) is 0 Å². The van der Waals surface area contributed by atoms with Gasteiger partial charge in [0.25, 0.3) is 0 Å².